The Bertz CT molecular complexity index is 614. The molecule has 4 N–H and O–H groups in total. The Kier molecular flexibility index (Phi) is 7.03. The number of benzene rings is 1. The van der Waals surface area contributed by atoms with Gasteiger partial charge in [-0.3, -0.25) is 9.59 Å². The molecule has 144 valence electrons. The molecule has 1 aromatic rings. The lowest BCUT2D eigenvalue weighted by molar-refractivity contribution is -0.134. The Morgan fingerprint density at radius 1 is 1.23 bits per heavy atom. The molecule has 0 saturated carbocycles. The van der Waals surface area contributed by atoms with Crippen molar-refractivity contribution in [2.24, 2.45) is 11.1 Å². The highest BCUT2D eigenvalue weighted by Crippen LogP contribution is 2.26. The lowest BCUT2D eigenvalue weighted by atomic mass is 9.81. The summed E-state index contributed by atoms with van der Waals surface area (Å²) in [5.41, 5.74) is 7.08. The molecule has 1 heterocycles. The smallest absolute Gasteiger partial charge is 0.246 e. The van der Waals surface area contributed by atoms with E-state index in [0.717, 1.165) is 24.5 Å². The molecule has 1 saturated heterocycles. The van der Waals surface area contributed by atoms with E-state index < -0.39 is 11.5 Å². The van der Waals surface area contributed by atoms with E-state index in [4.69, 9.17) is 5.73 Å². The first-order valence-corrected chi connectivity index (χ1v) is 9.62. The maximum atomic E-state index is 12.6. The fourth-order valence-corrected chi connectivity index (χ4v) is 3.37. The number of nitrogens with zero attached hydrogens (tertiary/aromatic N) is 1. The standard InChI is InChI=1S/C20H32N4O2/c1-4-20(5-2,14-21)19(26)22-15(3)18(25)23-16-9-8-10-17(13-16)24-11-6-7-12-24/h8-10,13,15H,4-7,11-12,14,21H2,1-3H3,(H,22,26)(H,23,25). The van der Waals surface area contributed by atoms with Gasteiger partial charge in [0.2, 0.25) is 11.8 Å². The van der Waals surface area contributed by atoms with E-state index in [9.17, 15) is 9.59 Å². The van der Waals surface area contributed by atoms with Gasteiger partial charge < -0.3 is 21.3 Å². The second-order valence-electron chi connectivity index (χ2n) is 7.12. The van der Waals surface area contributed by atoms with Gasteiger partial charge in [-0.25, -0.2) is 0 Å². The van der Waals surface area contributed by atoms with Gasteiger partial charge in [0.15, 0.2) is 0 Å². The van der Waals surface area contributed by atoms with Crippen molar-refractivity contribution in [1.82, 2.24) is 5.32 Å². The van der Waals surface area contributed by atoms with Crippen LogP contribution in [-0.2, 0) is 9.59 Å². The summed E-state index contributed by atoms with van der Waals surface area (Å²) in [6.07, 6.45) is 3.71. The number of hydrogen-bond acceptors (Lipinski definition) is 4. The van der Waals surface area contributed by atoms with Crippen molar-refractivity contribution in [2.75, 3.05) is 29.9 Å². The van der Waals surface area contributed by atoms with Crippen molar-refractivity contribution in [2.45, 2.75) is 52.5 Å². The van der Waals surface area contributed by atoms with Gasteiger partial charge in [0.25, 0.3) is 0 Å². The lowest BCUT2D eigenvalue weighted by Crippen LogP contribution is -2.51. The number of nitrogens with one attached hydrogen (secondary N) is 2. The molecule has 0 spiro atoms. The Labute approximate surface area is 156 Å². The number of anilines is 2. The molecule has 6 heteroatoms. The van der Waals surface area contributed by atoms with E-state index in [1.165, 1.54) is 12.8 Å². The van der Waals surface area contributed by atoms with Crippen LogP contribution in [0.2, 0.25) is 0 Å². The minimum atomic E-state index is -0.623. The Morgan fingerprint density at radius 3 is 2.46 bits per heavy atom. The molecular formula is C20H32N4O2. The fourth-order valence-electron chi connectivity index (χ4n) is 3.37. The highest BCUT2D eigenvalue weighted by Gasteiger charge is 2.34. The van der Waals surface area contributed by atoms with Gasteiger partial charge in [-0.2, -0.15) is 0 Å². The Morgan fingerprint density at radius 2 is 1.88 bits per heavy atom. The normalized spacial score (nSPS) is 15.6. The van der Waals surface area contributed by atoms with E-state index in [1.807, 2.05) is 32.0 Å². The molecule has 1 aliphatic rings. The van der Waals surface area contributed by atoms with Gasteiger partial charge in [-0.05, 0) is 50.8 Å². The average Bonchev–Trinajstić information content (AvgIpc) is 3.18. The third kappa shape index (κ3) is 4.55. The van der Waals surface area contributed by atoms with E-state index in [2.05, 4.69) is 21.6 Å². The van der Waals surface area contributed by atoms with Crippen LogP contribution in [0, 0.1) is 5.41 Å². The Hall–Kier alpha value is -2.08. The molecule has 0 radical (unpaired) electrons. The minimum absolute atomic E-state index is 0.154. The summed E-state index contributed by atoms with van der Waals surface area (Å²) in [5, 5.41) is 5.73. The molecule has 0 aliphatic carbocycles. The van der Waals surface area contributed by atoms with Crippen LogP contribution in [-0.4, -0.2) is 37.5 Å². The number of carbonyl (C=O) groups excluding carboxylic acids is 2. The molecule has 26 heavy (non-hydrogen) atoms. The summed E-state index contributed by atoms with van der Waals surface area (Å²) < 4.78 is 0. The molecule has 2 rings (SSSR count). The summed E-state index contributed by atoms with van der Waals surface area (Å²) in [4.78, 5) is 27.4. The summed E-state index contributed by atoms with van der Waals surface area (Å²) in [6.45, 7) is 7.98. The van der Waals surface area contributed by atoms with Gasteiger partial charge in [0.05, 0.1) is 5.41 Å². The van der Waals surface area contributed by atoms with Gasteiger partial charge in [0.1, 0.15) is 6.04 Å². The number of carbonyl (C=O) groups is 2. The molecule has 0 aromatic heterocycles. The molecule has 1 aliphatic heterocycles. The van der Waals surface area contributed by atoms with Crippen LogP contribution in [0.15, 0.2) is 24.3 Å². The van der Waals surface area contributed by atoms with Crippen molar-refractivity contribution >= 4 is 23.2 Å². The quantitative estimate of drug-likeness (QED) is 0.665. The summed E-state index contributed by atoms with van der Waals surface area (Å²) in [6, 6.07) is 7.24. The third-order valence-corrected chi connectivity index (χ3v) is 5.55. The first kappa shape index (κ1) is 20.2. The SMILES string of the molecule is CCC(CC)(CN)C(=O)NC(C)C(=O)Nc1cccc(N2CCCC2)c1. The number of amides is 2. The molecule has 1 atom stereocenters. The highest BCUT2D eigenvalue weighted by atomic mass is 16.2. The van der Waals surface area contributed by atoms with Crippen LogP contribution >= 0.6 is 0 Å². The zero-order valence-electron chi connectivity index (χ0n) is 16.2. The van der Waals surface area contributed by atoms with E-state index in [0.29, 0.717) is 12.8 Å². The van der Waals surface area contributed by atoms with Crippen LogP contribution in [0.1, 0.15) is 46.5 Å². The average molecular weight is 361 g/mol. The van der Waals surface area contributed by atoms with Gasteiger partial charge in [-0.15, -0.1) is 0 Å². The summed E-state index contributed by atoms with van der Waals surface area (Å²) >= 11 is 0. The van der Waals surface area contributed by atoms with Gasteiger partial charge in [-0.1, -0.05) is 19.9 Å². The van der Waals surface area contributed by atoms with Crippen molar-refractivity contribution < 1.29 is 9.59 Å². The van der Waals surface area contributed by atoms with Crippen LogP contribution < -0.4 is 21.3 Å². The van der Waals surface area contributed by atoms with Crippen molar-refractivity contribution in [3.63, 3.8) is 0 Å². The number of hydrogen-bond donors (Lipinski definition) is 3. The van der Waals surface area contributed by atoms with E-state index in [-0.39, 0.29) is 18.4 Å². The van der Waals surface area contributed by atoms with Crippen LogP contribution in [0.25, 0.3) is 0 Å². The molecule has 1 unspecified atom stereocenters. The maximum absolute atomic E-state index is 12.6. The fraction of sp³-hybridized carbons (Fsp3) is 0.600. The maximum Gasteiger partial charge on any atom is 0.246 e. The van der Waals surface area contributed by atoms with Crippen molar-refractivity contribution in [3.05, 3.63) is 24.3 Å². The predicted molar refractivity (Wildman–Crippen MR) is 106 cm³/mol. The second kappa shape index (κ2) is 9.03. The third-order valence-electron chi connectivity index (χ3n) is 5.55. The molecule has 0 bridgehead atoms. The molecule has 2 amide bonds. The zero-order valence-corrected chi connectivity index (χ0v) is 16.2. The first-order chi connectivity index (χ1) is 12.5. The second-order valence-corrected chi connectivity index (χ2v) is 7.12. The lowest BCUT2D eigenvalue weighted by Gasteiger charge is -2.30. The molecule has 6 nitrogen and oxygen atoms in total. The van der Waals surface area contributed by atoms with E-state index >= 15 is 0 Å². The van der Waals surface area contributed by atoms with Gasteiger partial charge >= 0.3 is 0 Å². The largest absolute Gasteiger partial charge is 0.371 e. The van der Waals surface area contributed by atoms with Crippen molar-refractivity contribution in [1.29, 1.82) is 0 Å². The van der Waals surface area contributed by atoms with E-state index in [1.54, 1.807) is 6.92 Å². The predicted octanol–water partition coefficient (Wildman–Crippen LogP) is 2.50. The summed E-state index contributed by atoms with van der Waals surface area (Å²) in [5.74, 6) is -0.381. The van der Waals surface area contributed by atoms with Crippen LogP contribution in [0.3, 0.4) is 0 Å². The van der Waals surface area contributed by atoms with Gasteiger partial charge in [0, 0.05) is 31.0 Å². The first-order valence-electron chi connectivity index (χ1n) is 9.62. The number of nitrogens with two attached hydrogens (primary N) is 1. The molecular weight excluding hydrogens is 328 g/mol. The minimum Gasteiger partial charge on any atom is -0.371 e. The Balaban J connectivity index is 1.98. The van der Waals surface area contributed by atoms with Crippen LogP contribution in [0.4, 0.5) is 11.4 Å². The number of rotatable bonds is 8. The topological polar surface area (TPSA) is 87.5 Å². The van der Waals surface area contributed by atoms with Crippen molar-refractivity contribution in [3.8, 4) is 0 Å². The zero-order chi connectivity index (χ0) is 19.2. The summed E-state index contributed by atoms with van der Waals surface area (Å²) in [7, 11) is 0. The molecule has 1 fully saturated rings. The van der Waals surface area contributed by atoms with Crippen LogP contribution in [0.5, 0.6) is 0 Å². The highest BCUT2D eigenvalue weighted by molar-refractivity contribution is 5.98. The monoisotopic (exact) mass is 360 g/mol. The molecule has 1 aromatic carbocycles.